The van der Waals surface area contributed by atoms with Crippen molar-refractivity contribution in [3.63, 3.8) is 0 Å². The summed E-state index contributed by atoms with van der Waals surface area (Å²) in [5.74, 6) is 0.145. The van der Waals surface area contributed by atoms with Gasteiger partial charge in [0.1, 0.15) is 0 Å². The monoisotopic (exact) mass is 249 g/mol. The van der Waals surface area contributed by atoms with Crippen LogP contribution in [0.15, 0.2) is 18.5 Å². The van der Waals surface area contributed by atoms with E-state index in [1.807, 2.05) is 20.2 Å². The number of carbonyl (C=O) groups is 1. The number of carbonyl (C=O) groups excluding carboxylic acids is 1. The third kappa shape index (κ3) is 2.98. The van der Waals surface area contributed by atoms with Crippen molar-refractivity contribution in [1.29, 1.82) is 0 Å². The molecule has 0 aliphatic carbocycles. The van der Waals surface area contributed by atoms with Crippen molar-refractivity contribution in [2.45, 2.75) is 19.4 Å². The van der Waals surface area contributed by atoms with Gasteiger partial charge in [0.05, 0.1) is 12.3 Å². The summed E-state index contributed by atoms with van der Waals surface area (Å²) in [6.07, 6.45) is 7.29. The number of amides is 1. The minimum atomic E-state index is -0.281. The number of aliphatic hydroxyl groups is 1. The number of aromatic nitrogens is 2. The number of piperidine rings is 1. The van der Waals surface area contributed by atoms with Gasteiger partial charge in [-0.15, -0.1) is 0 Å². The predicted molar refractivity (Wildman–Crippen MR) is 68.6 cm³/mol. The molecule has 0 saturated carbocycles. The van der Waals surface area contributed by atoms with Crippen LogP contribution in [0.1, 0.15) is 18.9 Å². The van der Waals surface area contributed by atoms with E-state index >= 15 is 0 Å². The Balaban J connectivity index is 1.94. The van der Waals surface area contributed by atoms with Crippen molar-refractivity contribution in [2.24, 2.45) is 13.0 Å². The summed E-state index contributed by atoms with van der Waals surface area (Å²) < 4.78 is 1.70. The minimum Gasteiger partial charge on any atom is -0.393 e. The van der Waals surface area contributed by atoms with Gasteiger partial charge >= 0.3 is 0 Å². The van der Waals surface area contributed by atoms with E-state index in [9.17, 15) is 9.90 Å². The quantitative estimate of drug-likeness (QED) is 0.783. The van der Waals surface area contributed by atoms with Gasteiger partial charge in [-0.05, 0) is 18.4 Å². The molecule has 0 radical (unpaired) electrons. The zero-order valence-corrected chi connectivity index (χ0v) is 10.8. The molecule has 5 heteroatoms. The first kappa shape index (κ1) is 12.8. The molecule has 2 rings (SSSR count). The summed E-state index contributed by atoms with van der Waals surface area (Å²) in [6, 6.07) is 0. The second-order valence-electron chi connectivity index (χ2n) is 4.90. The molecular formula is C13H19N3O2. The zero-order chi connectivity index (χ0) is 13.1. The molecule has 18 heavy (non-hydrogen) atoms. The van der Waals surface area contributed by atoms with Crippen molar-refractivity contribution in [1.82, 2.24) is 14.7 Å². The molecular weight excluding hydrogens is 230 g/mol. The average Bonchev–Trinajstić information content (AvgIpc) is 2.75. The first-order valence-electron chi connectivity index (χ1n) is 6.20. The lowest BCUT2D eigenvalue weighted by molar-refractivity contribution is -0.129. The SMILES string of the molecule is CC1CN(C(=O)/C=C/c2cnn(C)c2)CCC1O. The topological polar surface area (TPSA) is 58.4 Å². The highest BCUT2D eigenvalue weighted by molar-refractivity contribution is 5.91. The fourth-order valence-corrected chi connectivity index (χ4v) is 2.13. The van der Waals surface area contributed by atoms with Crippen LogP contribution >= 0.6 is 0 Å². The Morgan fingerprint density at radius 2 is 2.39 bits per heavy atom. The molecule has 2 heterocycles. The molecule has 1 aliphatic rings. The highest BCUT2D eigenvalue weighted by atomic mass is 16.3. The fraction of sp³-hybridized carbons (Fsp3) is 0.538. The molecule has 1 saturated heterocycles. The molecule has 1 aromatic rings. The molecule has 98 valence electrons. The van der Waals surface area contributed by atoms with Gasteiger partial charge in [-0.25, -0.2) is 0 Å². The molecule has 2 atom stereocenters. The number of hydrogen-bond acceptors (Lipinski definition) is 3. The molecule has 0 bridgehead atoms. The number of rotatable bonds is 2. The highest BCUT2D eigenvalue weighted by Gasteiger charge is 2.25. The van der Waals surface area contributed by atoms with Crippen molar-refractivity contribution in [3.05, 3.63) is 24.0 Å². The van der Waals surface area contributed by atoms with Gasteiger partial charge in [0.25, 0.3) is 0 Å². The minimum absolute atomic E-state index is 0.00222. The van der Waals surface area contributed by atoms with E-state index in [0.29, 0.717) is 19.5 Å². The van der Waals surface area contributed by atoms with Crippen molar-refractivity contribution >= 4 is 12.0 Å². The van der Waals surface area contributed by atoms with Crippen molar-refractivity contribution in [2.75, 3.05) is 13.1 Å². The van der Waals surface area contributed by atoms with Crippen LogP contribution in [0.4, 0.5) is 0 Å². The molecule has 0 aromatic carbocycles. The maximum Gasteiger partial charge on any atom is 0.246 e. The lowest BCUT2D eigenvalue weighted by atomic mass is 9.97. The molecule has 1 amide bonds. The maximum atomic E-state index is 12.0. The summed E-state index contributed by atoms with van der Waals surface area (Å²) >= 11 is 0. The number of hydrogen-bond donors (Lipinski definition) is 1. The van der Waals surface area contributed by atoms with E-state index in [0.717, 1.165) is 5.56 Å². The van der Waals surface area contributed by atoms with Gasteiger partial charge < -0.3 is 10.0 Å². The summed E-state index contributed by atoms with van der Waals surface area (Å²) in [6.45, 7) is 3.22. The van der Waals surface area contributed by atoms with Gasteiger partial charge in [0.15, 0.2) is 0 Å². The van der Waals surface area contributed by atoms with E-state index in [4.69, 9.17) is 0 Å². The number of aryl methyl sites for hydroxylation is 1. The molecule has 1 N–H and O–H groups in total. The summed E-state index contributed by atoms with van der Waals surface area (Å²) in [4.78, 5) is 13.7. The standard InChI is InChI=1S/C13H19N3O2/c1-10-8-16(6-5-12(10)17)13(18)4-3-11-7-14-15(2)9-11/h3-4,7,9-10,12,17H,5-6,8H2,1-2H3/b4-3+. The molecule has 1 aliphatic heterocycles. The van der Waals surface area contributed by atoms with E-state index in [2.05, 4.69) is 5.10 Å². The van der Waals surface area contributed by atoms with Crippen LogP contribution in [0, 0.1) is 5.92 Å². The Labute approximate surface area is 107 Å². The Hall–Kier alpha value is -1.62. The first-order chi connectivity index (χ1) is 8.56. The van der Waals surface area contributed by atoms with Crippen LogP contribution in [-0.4, -0.2) is 44.9 Å². The van der Waals surface area contributed by atoms with Crippen LogP contribution in [0.5, 0.6) is 0 Å². The second kappa shape index (κ2) is 5.35. The Kier molecular flexibility index (Phi) is 3.81. The van der Waals surface area contributed by atoms with Gasteiger partial charge in [-0.1, -0.05) is 6.92 Å². The van der Waals surface area contributed by atoms with Crippen LogP contribution in [0.3, 0.4) is 0 Å². The van der Waals surface area contributed by atoms with Gasteiger partial charge in [0, 0.05) is 38.0 Å². The van der Waals surface area contributed by atoms with Crippen LogP contribution in [0.2, 0.25) is 0 Å². The summed E-state index contributed by atoms with van der Waals surface area (Å²) in [7, 11) is 1.84. The smallest absolute Gasteiger partial charge is 0.246 e. The van der Waals surface area contributed by atoms with Gasteiger partial charge in [0.2, 0.25) is 5.91 Å². The van der Waals surface area contributed by atoms with E-state index < -0.39 is 0 Å². The third-order valence-electron chi connectivity index (χ3n) is 3.31. The van der Waals surface area contributed by atoms with E-state index in [1.54, 1.807) is 27.9 Å². The molecule has 2 unspecified atom stereocenters. The van der Waals surface area contributed by atoms with Crippen LogP contribution < -0.4 is 0 Å². The molecule has 1 aromatic heterocycles. The maximum absolute atomic E-state index is 12.0. The number of aliphatic hydroxyl groups excluding tert-OH is 1. The van der Waals surface area contributed by atoms with Crippen LogP contribution in [0.25, 0.3) is 6.08 Å². The number of nitrogens with zero attached hydrogens (tertiary/aromatic N) is 3. The predicted octanol–water partition coefficient (Wildman–Crippen LogP) is 0.663. The number of likely N-dealkylation sites (tertiary alicyclic amines) is 1. The largest absolute Gasteiger partial charge is 0.393 e. The molecule has 1 fully saturated rings. The highest BCUT2D eigenvalue weighted by Crippen LogP contribution is 2.16. The second-order valence-corrected chi connectivity index (χ2v) is 4.90. The summed E-state index contributed by atoms with van der Waals surface area (Å²) in [5.41, 5.74) is 0.913. The van der Waals surface area contributed by atoms with Crippen molar-refractivity contribution in [3.8, 4) is 0 Å². The molecule has 5 nitrogen and oxygen atoms in total. The Morgan fingerprint density at radius 1 is 1.61 bits per heavy atom. The lowest BCUT2D eigenvalue weighted by Gasteiger charge is -2.33. The lowest BCUT2D eigenvalue weighted by Crippen LogP contribution is -2.44. The zero-order valence-electron chi connectivity index (χ0n) is 10.8. The first-order valence-corrected chi connectivity index (χ1v) is 6.20. The van der Waals surface area contributed by atoms with Crippen molar-refractivity contribution < 1.29 is 9.90 Å². The average molecular weight is 249 g/mol. The van der Waals surface area contributed by atoms with E-state index in [-0.39, 0.29) is 17.9 Å². The molecule has 0 spiro atoms. The Morgan fingerprint density at radius 3 is 3.00 bits per heavy atom. The van der Waals surface area contributed by atoms with Gasteiger partial charge in [-0.3, -0.25) is 9.48 Å². The normalized spacial score (nSPS) is 24.7. The fourth-order valence-electron chi connectivity index (χ4n) is 2.13. The third-order valence-corrected chi connectivity index (χ3v) is 3.31. The Bertz CT molecular complexity index is 453. The van der Waals surface area contributed by atoms with Gasteiger partial charge in [-0.2, -0.15) is 5.10 Å². The van der Waals surface area contributed by atoms with Crippen LogP contribution in [-0.2, 0) is 11.8 Å². The summed E-state index contributed by atoms with van der Waals surface area (Å²) in [5, 5.41) is 13.7. The van der Waals surface area contributed by atoms with E-state index in [1.165, 1.54) is 0 Å².